The van der Waals surface area contributed by atoms with E-state index >= 15 is 0 Å². The van der Waals surface area contributed by atoms with Gasteiger partial charge in [0.15, 0.2) is 0 Å². The molecule has 4 nitrogen and oxygen atoms in total. The maximum absolute atomic E-state index is 13.5. The predicted molar refractivity (Wildman–Crippen MR) is 133 cm³/mol. The second-order valence-electron chi connectivity index (χ2n) is 9.37. The molecule has 0 saturated heterocycles. The van der Waals surface area contributed by atoms with Crippen LogP contribution < -0.4 is 10.2 Å². The first-order chi connectivity index (χ1) is 15.2. The molecule has 32 heavy (non-hydrogen) atoms. The molecule has 1 aliphatic heterocycles. The van der Waals surface area contributed by atoms with Crippen molar-refractivity contribution in [2.45, 2.75) is 46.0 Å². The summed E-state index contributed by atoms with van der Waals surface area (Å²) >= 11 is 1.45. The maximum Gasteiger partial charge on any atom is 0.282 e. The first-order valence-corrected chi connectivity index (χ1v) is 11.7. The zero-order valence-electron chi connectivity index (χ0n) is 19.1. The minimum atomic E-state index is -0.337. The van der Waals surface area contributed by atoms with Crippen LogP contribution in [0.3, 0.4) is 0 Å². The van der Waals surface area contributed by atoms with Gasteiger partial charge in [-0.05, 0) is 58.2 Å². The first-order valence-electron chi connectivity index (χ1n) is 10.8. The molecule has 0 radical (unpaired) electrons. The number of anilines is 2. The molecule has 0 fully saturated rings. The van der Waals surface area contributed by atoms with Crippen LogP contribution in [-0.2, 0) is 15.0 Å². The zero-order valence-corrected chi connectivity index (χ0v) is 19.9. The number of hydrogen-bond donors (Lipinski definition) is 1. The SMILES string of the molecule is CC(C)c1ccc(N2C(=O)C(Nc3ccc(C(C)(C)C)cc3)=C(c3cccs3)C2=O)cc1. The molecule has 1 aromatic heterocycles. The molecule has 0 unspecified atom stereocenters. The number of nitrogens with zero attached hydrogens (tertiary/aromatic N) is 1. The van der Waals surface area contributed by atoms with E-state index in [1.54, 1.807) is 0 Å². The molecule has 1 N–H and O–H groups in total. The lowest BCUT2D eigenvalue weighted by atomic mass is 9.87. The van der Waals surface area contributed by atoms with Crippen molar-refractivity contribution in [1.82, 2.24) is 0 Å². The van der Waals surface area contributed by atoms with Gasteiger partial charge in [-0.1, -0.05) is 65.0 Å². The molecule has 1 aliphatic rings. The van der Waals surface area contributed by atoms with Crippen LogP contribution in [0, 0.1) is 0 Å². The third kappa shape index (κ3) is 4.13. The highest BCUT2D eigenvalue weighted by Crippen LogP contribution is 2.36. The Kier molecular flexibility index (Phi) is 5.78. The smallest absolute Gasteiger partial charge is 0.282 e. The van der Waals surface area contributed by atoms with Gasteiger partial charge in [-0.2, -0.15) is 0 Å². The zero-order chi connectivity index (χ0) is 23.0. The monoisotopic (exact) mass is 444 g/mol. The molecular formula is C27H28N2O2S. The third-order valence-electron chi connectivity index (χ3n) is 5.69. The van der Waals surface area contributed by atoms with Gasteiger partial charge >= 0.3 is 0 Å². The van der Waals surface area contributed by atoms with Crippen LogP contribution in [0.15, 0.2) is 71.7 Å². The Hall–Kier alpha value is -3.18. The summed E-state index contributed by atoms with van der Waals surface area (Å²) in [6.45, 7) is 10.7. The summed E-state index contributed by atoms with van der Waals surface area (Å²) in [6, 6.07) is 19.4. The summed E-state index contributed by atoms with van der Waals surface area (Å²) < 4.78 is 0. The van der Waals surface area contributed by atoms with Crippen LogP contribution in [0.4, 0.5) is 11.4 Å². The average molecular weight is 445 g/mol. The van der Waals surface area contributed by atoms with Crippen molar-refractivity contribution in [2.24, 2.45) is 0 Å². The number of carbonyl (C=O) groups is 2. The van der Waals surface area contributed by atoms with Crippen LogP contribution in [0.2, 0.25) is 0 Å². The number of carbonyl (C=O) groups excluding carboxylic acids is 2. The van der Waals surface area contributed by atoms with E-state index in [1.807, 2.05) is 53.9 Å². The Morgan fingerprint density at radius 2 is 1.53 bits per heavy atom. The van der Waals surface area contributed by atoms with Gasteiger partial charge in [0.1, 0.15) is 5.70 Å². The van der Waals surface area contributed by atoms with E-state index in [0.717, 1.165) is 16.1 Å². The minimum Gasteiger partial charge on any atom is -0.350 e. The van der Waals surface area contributed by atoms with Crippen molar-refractivity contribution in [3.8, 4) is 0 Å². The van der Waals surface area contributed by atoms with Gasteiger partial charge in [0, 0.05) is 10.6 Å². The first kappa shape index (κ1) is 22.0. The van der Waals surface area contributed by atoms with Crippen molar-refractivity contribution in [3.05, 3.63) is 87.7 Å². The highest BCUT2D eigenvalue weighted by Gasteiger charge is 2.40. The second-order valence-corrected chi connectivity index (χ2v) is 10.3. The topological polar surface area (TPSA) is 49.4 Å². The summed E-state index contributed by atoms with van der Waals surface area (Å²) in [7, 11) is 0. The molecule has 4 rings (SSSR count). The fraction of sp³-hybridized carbons (Fsp3) is 0.259. The number of hydrogen-bond acceptors (Lipinski definition) is 4. The molecule has 2 amide bonds. The number of rotatable bonds is 5. The highest BCUT2D eigenvalue weighted by atomic mass is 32.1. The van der Waals surface area contributed by atoms with E-state index in [9.17, 15) is 9.59 Å². The van der Waals surface area contributed by atoms with Crippen LogP contribution in [0.5, 0.6) is 0 Å². The van der Waals surface area contributed by atoms with Crippen LogP contribution in [0.25, 0.3) is 5.57 Å². The summed E-state index contributed by atoms with van der Waals surface area (Å²) in [4.78, 5) is 28.9. The molecule has 3 aromatic rings. The van der Waals surface area contributed by atoms with Crippen LogP contribution in [-0.4, -0.2) is 11.8 Å². The summed E-state index contributed by atoms with van der Waals surface area (Å²) in [5.74, 6) is -0.263. The molecule has 0 bridgehead atoms. The molecular weight excluding hydrogens is 416 g/mol. The number of nitrogens with one attached hydrogen (secondary N) is 1. The number of benzene rings is 2. The Balaban J connectivity index is 1.71. The van der Waals surface area contributed by atoms with E-state index in [1.165, 1.54) is 21.8 Å². The van der Waals surface area contributed by atoms with E-state index in [0.29, 0.717) is 22.9 Å². The van der Waals surface area contributed by atoms with Gasteiger partial charge in [-0.25, -0.2) is 4.90 Å². The quantitative estimate of drug-likeness (QED) is 0.453. The lowest BCUT2D eigenvalue weighted by Gasteiger charge is -2.19. The molecule has 164 valence electrons. The van der Waals surface area contributed by atoms with Gasteiger partial charge in [0.05, 0.1) is 11.3 Å². The highest BCUT2D eigenvalue weighted by molar-refractivity contribution is 7.11. The van der Waals surface area contributed by atoms with E-state index in [-0.39, 0.29) is 17.2 Å². The van der Waals surface area contributed by atoms with E-state index in [2.05, 4.69) is 52.1 Å². The maximum atomic E-state index is 13.5. The molecule has 0 spiro atoms. The predicted octanol–water partition coefficient (Wildman–Crippen LogP) is 6.57. The second kappa shape index (κ2) is 8.40. The van der Waals surface area contributed by atoms with Gasteiger partial charge in [0.2, 0.25) is 0 Å². The van der Waals surface area contributed by atoms with E-state index in [4.69, 9.17) is 0 Å². The normalized spacial score (nSPS) is 14.6. The molecule has 0 aliphatic carbocycles. The number of amides is 2. The molecule has 2 heterocycles. The Labute approximate surface area is 193 Å². The molecule has 0 saturated carbocycles. The van der Waals surface area contributed by atoms with E-state index < -0.39 is 0 Å². The average Bonchev–Trinajstić information content (AvgIpc) is 3.35. The van der Waals surface area contributed by atoms with Crippen LogP contribution in [0.1, 0.15) is 56.5 Å². The van der Waals surface area contributed by atoms with Gasteiger partial charge in [-0.15, -0.1) is 11.3 Å². The Morgan fingerprint density at radius 3 is 2.06 bits per heavy atom. The molecule has 5 heteroatoms. The fourth-order valence-corrected chi connectivity index (χ4v) is 4.50. The summed E-state index contributed by atoms with van der Waals surface area (Å²) in [6.07, 6.45) is 0. The molecule has 2 aromatic carbocycles. The Bertz CT molecular complexity index is 1170. The lowest BCUT2D eigenvalue weighted by molar-refractivity contribution is -0.120. The lowest BCUT2D eigenvalue weighted by Crippen LogP contribution is -2.32. The number of imide groups is 1. The standard InChI is InChI=1S/C27H28N2O2S/c1-17(2)18-8-14-21(15-9-18)29-25(30)23(22-7-6-16-32-22)24(26(29)31)28-20-12-10-19(11-13-20)27(3,4)5/h6-17,28H,1-5H3. The van der Waals surface area contributed by atoms with Crippen molar-refractivity contribution in [3.63, 3.8) is 0 Å². The number of thiophene rings is 1. The summed E-state index contributed by atoms with van der Waals surface area (Å²) in [5.41, 5.74) is 4.50. The van der Waals surface area contributed by atoms with Gasteiger partial charge in [0.25, 0.3) is 11.8 Å². The fourth-order valence-electron chi connectivity index (χ4n) is 3.74. The van der Waals surface area contributed by atoms with Crippen LogP contribution >= 0.6 is 11.3 Å². The van der Waals surface area contributed by atoms with Crippen molar-refractivity contribution < 1.29 is 9.59 Å². The largest absolute Gasteiger partial charge is 0.350 e. The third-order valence-corrected chi connectivity index (χ3v) is 6.58. The van der Waals surface area contributed by atoms with Crippen molar-refractivity contribution >= 4 is 40.1 Å². The molecule has 0 atom stereocenters. The van der Waals surface area contributed by atoms with Crippen molar-refractivity contribution in [2.75, 3.05) is 10.2 Å². The van der Waals surface area contributed by atoms with Gasteiger partial charge in [-0.3, -0.25) is 9.59 Å². The summed E-state index contributed by atoms with van der Waals surface area (Å²) in [5, 5.41) is 5.15. The van der Waals surface area contributed by atoms with Crippen molar-refractivity contribution in [1.29, 1.82) is 0 Å². The van der Waals surface area contributed by atoms with Gasteiger partial charge < -0.3 is 5.32 Å². The Morgan fingerprint density at radius 1 is 0.875 bits per heavy atom. The minimum absolute atomic E-state index is 0.0397.